The molecule has 1 aliphatic heterocycles. The van der Waals surface area contributed by atoms with E-state index in [0.29, 0.717) is 0 Å². The quantitative estimate of drug-likeness (QED) is 0.853. The topological polar surface area (TPSA) is 38.3 Å². The summed E-state index contributed by atoms with van der Waals surface area (Å²) in [5.41, 5.74) is 6.03. The van der Waals surface area contributed by atoms with Crippen LogP contribution in [0.4, 0.5) is 0 Å². The molecule has 0 fully saturated rings. The molecule has 0 saturated carbocycles. The molecule has 1 atom stereocenters. The second-order valence-corrected chi connectivity index (χ2v) is 5.87. The van der Waals surface area contributed by atoms with Gasteiger partial charge in [-0.2, -0.15) is 0 Å². The minimum atomic E-state index is -0.144. The maximum Gasteiger partial charge on any atom is 0.308 e. The number of carbonyl (C=O) groups is 1. The second kappa shape index (κ2) is 6.69. The van der Waals surface area contributed by atoms with Crippen molar-refractivity contribution in [2.45, 2.75) is 19.8 Å². The predicted molar refractivity (Wildman–Crippen MR) is 93.2 cm³/mol. The Labute approximate surface area is 137 Å². The lowest BCUT2D eigenvalue weighted by atomic mass is 9.92. The zero-order valence-corrected chi connectivity index (χ0v) is 13.5. The largest absolute Gasteiger partial charge is 0.469 e. The minimum Gasteiger partial charge on any atom is -0.469 e. The first-order valence-corrected chi connectivity index (χ1v) is 7.93. The highest BCUT2D eigenvalue weighted by molar-refractivity contribution is 5.83. The molecule has 0 radical (unpaired) electrons. The average Bonchev–Trinajstić information content (AvgIpc) is 3.06. The number of methoxy groups -OCH3 is 1. The number of fused-ring (bicyclic) bond motifs is 1. The van der Waals surface area contributed by atoms with E-state index in [0.717, 1.165) is 18.5 Å². The highest BCUT2D eigenvalue weighted by Crippen LogP contribution is 2.33. The Bertz CT molecular complexity index is 738. The predicted octanol–water partition coefficient (Wildman–Crippen LogP) is 4.06. The summed E-state index contributed by atoms with van der Waals surface area (Å²) >= 11 is 0. The molecular weight excluding hydrogens is 286 g/mol. The van der Waals surface area contributed by atoms with E-state index in [1.165, 1.54) is 29.4 Å². The van der Waals surface area contributed by atoms with Crippen molar-refractivity contribution in [3.8, 4) is 0 Å². The normalized spacial score (nSPS) is 19.8. The van der Waals surface area contributed by atoms with Crippen molar-refractivity contribution in [2.24, 2.45) is 5.92 Å². The third-order valence-electron chi connectivity index (χ3n) is 4.35. The molecule has 1 heterocycles. The Balaban J connectivity index is 1.83. The average molecular weight is 307 g/mol. The SMILES string of the molecule is COC(=O)C(C)CCC1=CC=C/C1=C1\NC=Cc2ccccc21. The van der Waals surface area contributed by atoms with Crippen LogP contribution in [0.1, 0.15) is 30.9 Å². The first kappa shape index (κ1) is 15.3. The van der Waals surface area contributed by atoms with Crippen LogP contribution in [0.3, 0.4) is 0 Å². The fourth-order valence-corrected chi connectivity index (χ4v) is 3.00. The van der Waals surface area contributed by atoms with Gasteiger partial charge in [0.2, 0.25) is 0 Å². The van der Waals surface area contributed by atoms with E-state index in [9.17, 15) is 4.79 Å². The molecule has 1 aromatic carbocycles. The monoisotopic (exact) mass is 307 g/mol. The van der Waals surface area contributed by atoms with Crippen molar-refractivity contribution in [2.75, 3.05) is 7.11 Å². The molecule has 23 heavy (non-hydrogen) atoms. The van der Waals surface area contributed by atoms with Crippen LogP contribution < -0.4 is 5.32 Å². The first-order valence-electron chi connectivity index (χ1n) is 7.93. The van der Waals surface area contributed by atoms with Gasteiger partial charge in [-0.15, -0.1) is 0 Å². The molecule has 1 aliphatic carbocycles. The van der Waals surface area contributed by atoms with E-state index in [1.807, 2.05) is 13.1 Å². The summed E-state index contributed by atoms with van der Waals surface area (Å²) in [6, 6.07) is 8.36. The maximum atomic E-state index is 11.6. The number of nitrogens with one attached hydrogen (secondary N) is 1. The third kappa shape index (κ3) is 3.14. The van der Waals surface area contributed by atoms with Crippen LogP contribution in [-0.4, -0.2) is 13.1 Å². The molecule has 0 amide bonds. The summed E-state index contributed by atoms with van der Waals surface area (Å²) in [5.74, 6) is -0.228. The summed E-state index contributed by atoms with van der Waals surface area (Å²) in [6.45, 7) is 1.92. The van der Waals surface area contributed by atoms with Crippen LogP contribution in [0.5, 0.6) is 0 Å². The molecule has 1 aromatic rings. The number of esters is 1. The lowest BCUT2D eigenvalue weighted by Crippen LogP contribution is -2.14. The van der Waals surface area contributed by atoms with E-state index in [1.54, 1.807) is 0 Å². The van der Waals surface area contributed by atoms with Crippen LogP contribution in [0.2, 0.25) is 0 Å². The summed E-state index contributed by atoms with van der Waals surface area (Å²) in [6.07, 6.45) is 12.0. The van der Waals surface area contributed by atoms with Gasteiger partial charge in [-0.3, -0.25) is 4.79 Å². The number of carbonyl (C=O) groups excluding carboxylic acids is 1. The Morgan fingerprint density at radius 1 is 1.26 bits per heavy atom. The molecule has 2 aliphatic rings. The van der Waals surface area contributed by atoms with Gasteiger partial charge in [0, 0.05) is 17.3 Å². The summed E-state index contributed by atoms with van der Waals surface area (Å²) < 4.78 is 4.81. The molecule has 1 N–H and O–H groups in total. The van der Waals surface area contributed by atoms with Crippen molar-refractivity contribution < 1.29 is 9.53 Å². The lowest BCUT2D eigenvalue weighted by Gasteiger charge is -2.20. The van der Waals surface area contributed by atoms with Crippen LogP contribution in [0.15, 0.2) is 59.8 Å². The van der Waals surface area contributed by atoms with Gasteiger partial charge in [0.1, 0.15) is 0 Å². The van der Waals surface area contributed by atoms with Crippen molar-refractivity contribution in [1.29, 1.82) is 0 Å². The smallest absolute Gasteiger partial charge is 0.308 e. The third-order valence-corrected chi connectivity index (χ3v) is 4.35. The molecule has 3 nitrogen and oxygen atoms in total. The summed E-state index contributed by atoms with van der Waals surface area (Å²) in [4.78, 5) is 11.6. The minimum absolute atomic E-state index is 0.0840. The second-order valence-electron chi connectivity index (χ2n) is 5.87. The number of allylic oxidation sites excluding steroid dienone is 5. The Kier molecular flexibility index (Phi) is 4.47. The molecule has 0 bridgehead atoms. The number of rotatable bonds is 4. The van der Waals surface area contributed by atoms with Crippen molar-refractivity contribution in [3.05, 3.63) is 71.0 Å². The Hall–Kier alpha value is -2.55. The van der Waals surface area contributed by atoms with Crippen LogP contribution in [0, 0.1) is 5.92 Å². The summed E-state index contributed by atoms with van der Waals surface area (Å²) in [5, 5.41) is 3.38. The van der Waals surface area contributed by atoms with Gasteiger partial charge in [-0.25, -0.2) is 0 Å². The lowest BCUT2D eigenvalue weighted by molar-refractivity contribution is -0.145. The number of ether oxygens (including phenoxy) is 1. The van der Waals surface area contributed by atoms with Crippen LogP contribution in [-0.2, 0) is 9.53 Å². The zero-order chi connectivity index (χ0) is 16.2. The standard InChI is InChI=1S/C20H21NO2/c1-14(20(22)23-2)10-11-15-7-5-9-18(15)19-17-8-4-3-6-16(17)12-13-21-19/h3-9,12-14,21H,10-11H2,1-2H3/b19-18+. The van der Waals surface area contributed by atoms with Gasteiger partial charge in [-0.1, -0.05) is 49.4 Å². The van der Waals surface area contributed by atoms with E-state index in [2.05, 4.69) is 53.9 Å². The highest BCUT2D eigenvalue weighted by atomic mass is 16.5. The van der Waals surface area contributed by atoms with E-state index in [4.69, 9.17) is 4.74 Å². The number of hydrogen-bond acceptors (Lipinski definition) is 3. The highest BCUT2D eigenvalue weighted by Gasteiger charge is 2.19. The van der Waals surface area contributed by atoms with E-state index < -0.39 is 0 Å². The van der Waals surface area contributed by atoms with Crippen LogP contribution in [0.25, 0.3) is 11.8 Å². The van der Waals surface area contributed by atoms with Crippen molar-refractivity contribution in [3.63, 3.8) is 0 Å². The van der Waals surface area contributed by atoms with Gasteiger partial charge < -0.3 is 10.1 Å². The van der Waals surface area contributed by atoms with Crippen molar-refractivity contribution >= 4 is 17.7 Å². The van der Waals surface area contributed by atoms with Crippen LogP contribution >= 0.6 is 0 Å². The fourth-order valence-electron chi connectivity index (χ4n) is 3.00. The van der Waals surface area contributed by atoms with Gasteiger partial charge in [-0.05, 0) is 30.1 Å². The van der Waals surface area contributed by atoms with Gasteiger partial charge in [0.25, 0.3) is 0 Å². The molecule has 1 unspecified atom stereocenters. The number of benzene rings is 1. The molecule has 3 heteroatoms. The molecule has 0 saturated heterocycles. The van der Waals surface area contributed by atoms with Crippen molar-refractivity contribution in [1.82, 2.24) is 5.32 Å². The first-order chi connectivity index (χ1) is 11.2. The van der Waals surface area contributed by atoms with Gasteiger partial charge in [0.05, 0.1) is 18.7 Å². The molecule has 0 aromatic heterocycles. The Morgan fingerprint density at radius 3 is 2.91 bits per heavy atom. The van der Waals surface area contributed by atoms with Gasteiger partial charge >= 0.3 is 5.97 Å². The summed E-state index contributed by atoms with van der Waals surface area (Å²) in [7, 11) is 1.44. The Morgan fingerprint density at radius 2 is 2.09 bits per heavy atom. The maximum absolute atomic E-state index is 11.6. The zero-order valence-electron chi connectivity index (χ0n) is 13.5. The van der Waals surface area contributed by atoms with E-state index >= 15 is 0 Å². The van der Waals surface area contributed by atoms with Gasteiger partial charge in [0.15, 0.2) is 0 Å². The number of hydrogen-bond donors (Lipinski definition) is 1. The molecule has 0 spiro atoms. The molecular formula is C20H21NO2. The fraction of sp³-hybridized carbons (Fsp3) is 0.250. The van der Waals surface area contributed by atoms with E-state index in [-0.39, 0.29) is 11.9 Å². The molecule has 3 rings (SSSR count). The molecule has 118 valence electrons.